The average molecular weight is 794 g/mol. The molecule has 22 heteroatoms. The smallest absolute Gasteiger partial charge is 0.425 e. The lowest BCUT2D eigenvalue weighted by Crippen LogP contribution is -2.21. The van der Waals surface area contributed by atoms with Crippen LogP contribution in [0.25, 0.3) is 22.0 Å². The van der Waals surface area contributed by atoms with E-state index in [1.54, 1.807) is 49.5 Å². The van der Waals surface area contributed by atoms with Gasteiger partial charge in [-0.2, -0.15) is 23.4 Å². The molecule has 54 heavy (non-hydrogen) atoms. The second kappa shape index (κ2) is 15.8. The maximum Gasteiger partial charge on any atom is 0.425 e. The molecule has 0 spiro atoms. The van der Waals surface area contributed by atoms with Gasteiger partial charge in [0.05, 0.1) is 21.7 Å². The van der Waals surface area contributed by atoms with Gasteiger partial charge in [-0.15, -0.1) is 25.3 Å². The first-order valence-corrected chi connectivity index (χ1v) is 18.2. The van der Waals surface area contributed by atoms with Crippen molar-refractivity contribution in [1.29, 1.82) is 0 Å². The third-order valence-electron chi connectivity index (χ3n) is 7.51. The van der Waals surface area contributed by atoms with Crippen LogP contribution in [0.15, 0.2) is 101 Å². The lowest BCUT2D eigenvalue weighted by Gasteiger charge is -2.23. The molecule has 0 saturated carbocycles. The van der Waals surface area contributed by atoms with Crippen LogP contribution in [0.4, 0.5) is 34.6 Å². The fourth-order valence-corrected chi connectivity index (χ4v) is 5.98. The highest BCUT2D eigenvalue weighted by Gasteiger charge is 2.29. The number of benzene rings is 4. The van der Waals surface area contributed by atoms with Gasteiger partial charge in [-0.25, -0.2) is 0 Å². The Bertz CT molecular complexity index is 2850. The van der Waals surface area contributed by atoms with E-state index >= 15 is 0 Å². The summed E-state index contributed by atoms with van der Waals surface area (Å²) in [5, 5.41) is 20.0. The topological polar surface area (TPSA) is 291 Å². The van der Waals surface area contributed by atoms with Crippen molar-refractivity contribution in [1.82, 2.24) is 19.5 Å². The monoisotopic (exact) mass is 793 g/mol. The Labute approximate surface area is 306 Å². The van der Waals surface area contributed by atoms with Crippen molar-refractivity contribution in [3.05, 3.63) is 112 Å². The molecule has 6 aromatic rings. The first-order valence-electron chi connectivity index (χ1n) is 14.8. The van der Waals surface area contributed by atoms with Crippen LogP contribution >= 0.6 is 0 Å². The number of anilines is 6. The van der Waals surface area contributed by atoms with E-state index in [2.05, 4.69) is 30.9 Å². The minimum Gasteiger partial charge on any atom is -0.479 e. The molecule has 1 aliphatic rings. The molecule has 0 atom stereocenters. The van der Waals surface area contributed by atoms with E-state index in [1.165, 1.54) is 28.8 Å². The third-order valence-corrected chi connectivity index (χ3v) is 8.36. The van der Waals surface area contributed by atoms with Crippen LogP contribution in [0.3, 0.4) is 0 Å². The predicted octanol–water partition coefficient (Wildman–Crippen LogP) is 3.11. The molecule has 0 aliphatic heterocycles. The Kier molecular flexibility index (Phi) is 11.2. The van der Waals surface area contributed by atoms with Crippen molar-refractivity contribution in [3.8, 4) is 17.1 Å². The van der Waals surface area contributed by atoms with Gasteiger partial charge in [-0.1, -0.05) is 36.4 Å². The van der Waals surface area contributed by atoms with Crippen molar-refractivity contribution < 1.29 is 48.1 Å². The number of ketones is 1. The fraction of sp³-hybridized carbons (Fsp3) is 0.0312. The van der Waals surface area contributed by atoms with E-state index in [9.17, 15) is 27.7 Å². The molecule has 5 N–H and O–H groups in total. The van der Waals surface area contributed by atoms with Crippen molar-refractivity contribution in [3.63, 3.8) is 0 Å². The summed E-state index contributed by atoms with van der Waals surface area (Å²) in [4.78, 5) is 38.3. The van der Waals surface area contributed by atoms with Gasteiger partial charge < -0.3 is 25.6 Å². The molecule has 0 saturated heterocycles. The zero-order valence-corrected chi connectivity index (χ0v) is 29.6. The first kappa shape index (κ1) is 38.4. The van der Waals surface area contributed by atoms with E-state index < -0.39 is 37.3 Å². The highest BCUT2D eigenvalue weighted by atomic mass is 32.2. The van der Waals surface area contributed by atoms with Gasteiger partial charge in [0.25, 0.3) is 15.7 Å². The van der Waals surface area contributed by atoms with Crippen LogP contribution in [0.1, 0.15) is 15.9 Å². The number of carbonyl (C=O) groups is 1. The molecular formula is C32H23N7O12S3. The second-order valence-electron chi connectivity index (χ2n) is 10.9. The summed E-state index contributed by atoms with van der Waals surface area (Å²) < 4.78 is 84.5. The van der Waals surface area contributed by atoms with Crippen molar-refractivity contribution in [2.45, 2.75) is 4.90 Å². The maximum absolute atomic E-state index is 13.8. The molecule has 276 valence electrons. The van der Waals surface area contributed by atoms with E-state index in [1.807, 2.05) is 24.3 Å². The van der Waals surface area contributed by atoms with E-state index in [4.69, 9.17) is 25.3 Å². The molecule has 0 fully saturated rings. The average Bonchev–Trinajstić information content (AvgIpc) is 3.08. The molecule has 0 bridgehead atoms. The molecule has 0 amide bonds. The minimum atomic E-state index is -4.43. The summed E-state index contributed by atoms with van der Waals surface area (Å²) >= 11 is 0. The lowest BCUT2D eigenvalue weighted by molar-refractivity contribution is 0.104. The zero-order chi connectivity index (χ0) is 39.3. The minimum absolute atomic E-state index is 0.0174. The highest BCUT2D eigenvalue weighted by Crippen LogP contribution is 2.42. The predicted molar refractivity (Wildman–Crippen MR) is 191 cm³/mol. The van der Waals surface area contributed by atoms with Gasteiger partial charge in [-0.05, 0) is 59.7 Å². The number of carbonyl (C=O) groups excluding carboxylic acids is 1. The van der Waals surface area contributed by atoms with Crippen molar-refractivity contribution >= 4 is 82.7 Å². The van der Waals surface area contributed by atoms with E-state index in [0.29, 0.717) is 50.2 Å². The van der Waals surface area contributed by atoms with Crippen molar-refractivity contribution in [2.75, 3.05) is 16.0 Å². The number of pyridine rings is 1. The lowest BCUT2D eigenvalue weighted by atomic mass is 9.83. The van der Waals surface area contributed by atoms with Gasteiger partial charge in [-0.3, -0.25) is 14.1 Å². The number of fused-ring (bicyclic) bond motifs is 2. The molecule has 7 rings (SSSR count). The number of nitrogens with zero attached hydrogens (tertiary/aromatic N) is 4. The number of aryl methyl sites for hydroxylation is 1. The number of hydrogen-bond donors (Lipinski definition) is 5. The quantitative estimate of drug-likeness (QED) is 0.145. The van der Waals surface area contributed by atoms with Crippen LogP contribution in [-0.2, 0) is 38.4 Å². The third kappa shape index (κ3) is 8.94. The molecule has 2 heterocycles. The van der Waals surface area contributed by atoms with Gasteiger partial charge in [0, 0.05) is 41.1 Å². The Morgan fingerprint density at radius 1 is 0.648 bits per heavy atom. The number of aromatic hydroxyl groups is 1. The second-order valence-corrected chi connectivity index (χ2v) is 13.1. The molecule has 0 radical (unpaired) electrons. The summed E-state index contributed by atoms with van der Waals surface area (Å²) in [6.45, 7) is 0. The Morgan fingerprint density at radius 2 is 1.19 bits per heavy atom. The summed E-state index contributed by atoms with van der Waals surface area (Å²) in [5.74, 6) is -0.265. The molecular weight excluding hydrogens is 771 g/mol. The summed E-state index contributed by atoms with van der Waals surface area (Å²) in [5.41, 5.74) is 4.81. The first-order chi connectivity index (χ1) is 25.5. The maximum atomic E-state index is 13.8. The summed E-state index contributed by atoms with van der Waals surface area (Å²) in [6, 6.07) is 24.2. The molecule has 19 nitrogen and oxygen atoms in total. The molecule has 1 aliphatic carbocycles. The zero-order valence-electron chi connectivity index (χ0n) is 27.2. The SMILES string of the molecule is Cn1c(=O)cc2c3c(c(Nc4cccc(Nc5nc(O)nc(Nc6cccc(S(=O)(=O)O)c6)n5)c4)ccc31)C(=O)c1ccccc1-2.O=S(=O)=O.O=S(=O)=O. The van der Waals surface area contributed by atoms with Gasteiger partial charge in [0.1, 0.15) is 0 Å². The summed E-state index contributed by atoms with van der Waals surface area (Å²) in [6.07, 6.45) is 0. The summed E-state index contributed by atoms with van der Waals surface area (Å²) in [7, 11) is -8.98. The standard InChI is InChI=1S/C32H23N7O6S.2O3S/c1-39-25-13-12-24(28-27(25)23(16-26(39)40)21-10-2-3-11-22(21)29(28)41)33-17-6-4-7-18(14-17)34-30-36-31(38-32(42)37-30)35-19-8-5-9-20(15-19)46(43,44)45;2*1-4(2)3/h2-16,33H,1H3,(H,43,44,45)(H3,34,35,36,37,38,42);;. The Balaban J connectivity index is 0.000000640. The number of rotatable bonds is 7. The van der Waals surface area contributed by atoms with Gasteiger partial charge in [0.15, 0.2) is 5.78 Å². The normalized spacial score (nSPS) is 11.2. The van der Waals surface area contributed by atoms with Crippen LogP contribution < -0.4 is 21.5 Å². The van der Waals surface area contributed by atoms with Crippen LogP contribution in [0.2, 0.25) is 0 Å². The molecule has 2 aromatic heterocycles. The molecule has 4 aromatic carbocycles. The van der Waals surface area contributed by atoms with Crippen LogP contribution in [-0.4, -0.2) is 68.6 Å². The van der Waals surface area contributed by atoms with Crippen LogP contribution in [0, 0.1) is 0 Å². The highest BCUT2D eigenvalue weighted by molar-refractivity contribution is 7.85. The molecule has 0 unspecified atom stereocenters. The Hall–Kier alpha value is -6.88. The van der Waals surface area contributed by atoms with Gasteiger partial charge in [0.2, 0.25) is 11.9 Å². The van der Waals surface area contributed by atoms with Crippen LogP contribution in [0.5, 0.6) is 6.01 Å². The van der Waals surface area contributed by atoms with E-state index in [-0.39, 0.29) is 33.8 Å². The number of aromatic nitrogens is 4. The van der Waals surface area contributed by atoms with Gasteiger partial charge >= 0.3 is 27.2 Å². The van der Waals surface area contributed by atoms with E-state index in [0.717, 1.165) is 0 Å². The fourth-order valence-electron chi connectivity index (χ4n) is 5.46. The Morgan fingerprint density at radius 3 is 1.78 bits per heavy atom. The number of nitrogens with one attached hydrogen (secondary N) is 3. The van der Waals surface area contributed by atoms with Crippen molar-refractivity contribution in [2.24, 2.45) is 7.05 Å². The largest absolute Gasteiger partial charge is 0.479 e. The number of hydrogen-bond acceptors (Lipinski definition) is 17.